The Kier molecular flexibility index (Phi) is 5.12. The van der Waals surface area contributed by atoms with Crippen molar-refractivity contribution in [2.45, 2.75) is 33.2 Å². The molecule has 1 rings (SSSR count). The fraction of sp³-hybridized carbons (Fsp3) is 0.583. The molecule has 0 fully saturated rings. The lowest BCUT2D eigenvalue weighted by Gasteiger charge is -2.02. The molecule has 0 spiro atoms. The zero-order valence-corrected chi connectivity index (χ0v) is 9.90. The summed E-state index contributed by atoms with van der Waals surface area (Å²) in [5, 5.41) is 7.60. The molecule has 0 amide bonds. The maximum atomic E-state index is 4.28. The average molecular weight is 207 g/mol. The van der Waals surface area contributed by atoms with E-state index < -0.39 is 0 Å². The van der Waals surface area contributed by atoms with E-state index in [1.165, 1.54) is 12.0 Å². The van der Waals surface area contributed by atoms with Crippen molar-refractivity contribution in [3.8, 4) is 0 Å². The van der Waals surface area contributed by atoms with Gasteiger partial charge >= 0.3 is 0 Å². The Labute approximate surface area is 92.2 Å². The molecule has 0 aliphatic heterocycles. The molecule has 0 atom stereocenters. The predicted octanol–water partition coefficient (Wildman–Crippen LogP) is 2.48. The van der Waals surface area contributed by atoms with Crippen LogP contribution in [0.3, 0.4) is 0 Å². The monoisotopic (exact) mass is 207 g/mol. The zero-order chi connectivity index (χ0) is 11.1. The molecule has 0 saturated carbocycles. The molecule has 0 aliphatic carbocycles. The van der Waals surface area contributed by atoms with Crippen molar-refractivity contribution < 1.29 is 0 Å². The fourth-order valence-corrected chi connectivity index (χ4v) is 1.28. The maximum Gasteiger partial charge on any atom is 0.0562 e. The molecule has 15 heavy (non-hydrogen) atoms. The molecule has 0 saturated heterocycles. The average Bonchev–Trinajstić information content (AvgIpc) is 2.66. The first-order valence-corrected chi connectivity index (χ1v) is 5.65. The first kappa shape index (κ1) is 12.0. The minimum absolute atomic E-state index is 0.436. The maximum absolute atomic E-state index is 4.28. The Bertz CT molecular complexity index is 300. The minimum Gasteiger partial charge on any atom is -0.313 e. The number of aromatic nitrogens is 2. The SMILES string of the molecule is CCCNC/C=C/c1cnn(C(C)C)c1. The molecular formula is C12H21N3. The van der Waals surface area contributed by atoms with Gasteiger partial charge in [0.1, 0.15) is 0 Å². The van der Waals surface area contributed by atoms with Crippen molar-refractivity contribution in [1.29, 1.82) is 0 Å². The van der Waals surface area contributed by atoms with Crippen LogP contribution in [0.4, 0.5) is 0 Å². The van der Waals surface area contributed by atoms with E-state index in [-0.39, 0.29) is 0 Å². The van der Waals surface area contributed by atoms with Crippen LogP contribution < -0.4 is 5.32 Å². The number of hydrogen-bond donors (Lipinski definition) is 1. The number of rotatable bonds is 6. The number of nitrogens with zero attached hydrogens (tertiary/aromatic N) is 2. The Balaban J connectivity index is 2.36. The molecule has 3 nitrogen and oxygen atoms in total. The van der Waals surface area contributed by atoms with Gasteiger partial charge in [-0.25, -0.2) is 0 Å². The van der Waals surface area contributed by atoms with E-state index in [4.69, 9.17) is 0 Å². The third-order valence-electron chi connectivity index (χ3n) is 2.15. The molecule has 1 aromatic heterocycles. The van der Waals surface area contributed by atoms with Gasteiger partial charge in [-0.1, -0.05) is 19.1 Å². The van der Waals surface area contributed by atoms with Crippen LogP contribution in [0.5, 0.6) is 0 Å². The highest BCUT2D eigenvalue weighted by molar-refractivity contribution is 5.46. The first-order chi connectivity index (χ1) is 7.24. The van der Waals surface area contributed by atoms with E-state index in [1.807, 2.05) is 10.9 Å². The van der Waals surface area contributed by atoms with E-state index in [0.717, 1.165) is 13.1 Å². The standard InChI is InChI=1S/C12H21N3/c1-4-7-13-8-5-6-12-9-14-15(10-12)11(2)3/h5-6,9-11,13H,4,7-8H2,1-3H3/b6-5+. The second-order valence-electron chi connectivity index (χ2n) is 3.95. The van der Waals surface area contributed by atoms with Crippen molar-refractivity contribution in [2.75, 3.05) is 13.1 Å². The molecule has 3 heteroatoms. The van der Waals surface area contributed by atoms with Gasteiger partial charge in [-0.3, -0.25) is 4.68 Å². The van der Waals surface area contributed by atoms with Crippen LogP contribution in [0.2, 0.25) is 0 Å². The van der Waals surface area contributed by atoms with Crippen LogP contribution in [0.25, 0.3) is 6.08 Å². The molecule has 1 aromatic rings. The van der Waals surface area contributed by atoms with Crippen LogP contribution in [0, 0.1) is 0 Å². The predicted molar refractivity (Wildman–Crippen MR) is 64.8 cm³/mol. The summed E-state index contributed by atoms with van der Waals surface area (Å²) < 4.78 is 1.97. The van der Waals surface area contributed by atoms with Gasteiger partial charge in [0.05, 0.1) is 6.20 Å². The summed E-state index contributed by atoms with van der Waals surface area (Å²) in [5.74, 6) is 0. The first-order valence-electron chi connectivity index (χ1n) is 5.65. The van der Waals surface area contributed by atoms with Crippen LogP contribution in [-0.2, 0) is 0 Å². The lowest BCUT2D eigenvalue weighted by molar-refractivity contribution is 0.532. The van der Waals surface area contributed by atoms with E-state index in [1.54, 1.807) is 0 Å². The van der Waals surface area contributed by atoms with Gasteiger partial charge in [0, 0.05) is 24.3 Å². The molecule has 84 valence electrons. The topological polar surface area (TPSA) is 29.9 Å². The highest BCUT2D eigenvalue weighted by Gasteiger charge is 1.97. The van der Waals surface area contributed by atoms with Gasteiger partial charge in [0.2, 0.25) is 0 Å². The third-order valence-corrected chi connectivity index (χ3v) is 2.15. The third kappa shape index (κ3) is 4.30. The van der Waals surface area contributed by atoms with Gasteiger partial charge in [-0.2, -0.15) is 5.10 Å². The smallest absolute Gasteiger partial charge is 0.0562 e. The van der Waals surface area contributed by atoms with Crippen molar-refractivity contribution >= 4 is 6.08 Å². The summed E-state index contributed by atoms with van der Waals surface area (Å²) in [5.41, 5.74) is 1.17. The van der Waals surface area contributed by atoms with Gasteiger partial charge in [-0.15, -0.1) is 0 Å². The lowest BCUT2D eigenvalue weighted by atomic mass is 10.3. The van der Waals surface area contributed by atoms with Gasteiger partial charge < -0.3 is 5.32 Å². The number of hydrogen-bond acceptors (Lipinski definition) is 2. The van der Waals surface area contributed by atoms with Crippen molar-refractivity contribution in [2.24, 2.45) is 0 Å². The van der Waals surface area contributed by atoms with Crippen LogP contribution in [0.1, 0.15) is 38.8 Å². The summed E-state index contributed by atoms with van der Waals surface area (Å²) >= 11 is 0. The van der Waals surface area contributed by atoms with Crippen LogP contribution in [-0.4, -0.2) is 22.9 Å². The molecule has 0 aromatic carbocycles. The molecule has 0 aliphatic rings. The molecule has 1 N–H and O–H groups in total. The minimum atomic E-state index is 0.436. The molecule has 0 unspecified atom stereocenters. The summed E-state index contributed by atoms with van der Waals surface area (Å²) in [4.78, 5) is 0. The van der Waals surface area contributed by atoms with E-state index in [0.29, 0.717) is 6.04 Å². The van der Waals surface area contributed by atoms with E-state index in [2.05, 4.69) is 49.5 Å². The second-order valence-corrected chi connectivity index (χ2v) is 3.95. The van der Waals surface area contributed by atoms with Crippen molar-refractivity contribution in [3.05, 3.63) is 24.0 Å². The highest BCUT2D eigenvalue weighted by atomic mass is 15.3. The van der Waals surface area contributed by atoms with Crippen molar-refractivity contribution in [3.63, 3.8) is 0 Å². The van der Waals surface area contributed by atoms with E-state index >= 15 is 0 Å². The van der Waals surface area contributed by atoms with Gasteiger partial charge in [-0.05, 0) is 26.8 Å². The van der Waals surface area contributed by atoms with Gasteiger partial charge in [0.25, 0.3) is 0 Å². The second kappa shape index (κ2) is 6.40. The Hall–Kier alpha value is -1.09. The quantitative estimate of drug-likeness (QED) is 0.726. The molecule has 0 bridgehead atoms. The molecular weight excluding hydrogens is 186 g/mol. The summed E-state index contributed by atoms with van der Waals surface area (Å²) in [7, 11) is 0. The normalized spacial score (nSPS) is 11.7. The van der Waals surface area contributed by atoms with Crippen LogP contribution in [0.15, 0.2) is 18.5 Å². The van der Waals surface area contributed by atoms with E-state index in [9.17, 15) is 0 Å². The van der Waals surface area contributed by atoms with Crippen molar-refractivity contribution in [1.82, 2.24) is 15.1 Å². The lowest BCUT2D eigenvalue weighted by Crippen LogP contribution is -2.13. The van der Waals surface area contributed by atoms with Crippen LogP contribution >= 0.6 is 0 Å². The van der Waals surface area contributed by atoms with Gasteiger partial charge in [0.15, 0.2) is 0 Å². The fourth-order valence-electron chi connectivity index (χ4n) is 1.28. The Morgan fingerprint density at radius 3 is 2.93 bits per heavy atom. The highest BCUT2D eigenvalue weighted by Crippen LogP contribution is 2.06. The molecule has 0 radical (unpaired) electrons. The Morgan fingerprint density at radius 2 is 2.33 bits per heavy atom. The summed E-state index contributed by atoms with van der Waals surface area (Å²) in [6.45, 7) is 8.44. The Morgan fingerprint density at radius 1 is 1.53 bits per heavy atom. The zero-order valence-electron chi connectivity index (χ0n) is 9.90. The summed E-state index contributed by atoms with van der Waals surface area (Å²) in [6, 6.07) is 0.436. The molecule has 1 heterocycles. The largest absolute Gasteiger partial charge is 0.313 e. The summed E-state index contributed by atoms with van der Waals surface area (Å²) in [6.07, 6.45) is 9.39. The number of nitrogens with one attached hydrogen (secondary N) is 1.